The number of nitrogens with one attached hydrogen (secondary N) is 1. The smallest absolute Gasteiger partial charge is 0.239 e. The Morgan fingerprint density at radius 1 is 1.56 bits per heavy atom. The molecule has 0 saturated heterocycles. The van der Waals surface area contributed by atoms with Crippen molar-refractivity contribution >= 4 is 28.1 Å². The van der Waals surface area contributed by atoms with Crippen LogP contribution in [-0.2, 0) is 15.6 Å². The summed E-state index contributed by atoms with van der Waals surface area (Å²) in [5, 5.41) is 2.13. The molecule has 1 aromatic carbocycles. The van der Waals surface area contributed by atoms with Crippen molar-refractivity contribution in [2.75, 3.05) is 23.9 Å². The molecule has 0 radical (unpaired) electrons. The molecule has 1 aromatic rings. The van der Waals surface area contributed by atoms with Gasteiger partial charge >= 0.3 is 0 Å². The summed E-state index contributed by atoms with van der Waals surface area (Å²) in [7, 11) is 0.332. The second-order valence-corrected chi connectivity index (χ2v) is 5.81. The molecule has 2 unspecified atom stereocenters. The summed E-state index contributed by atoms with van der Waals surface area (Å²) in [5.41, 5.74) is 6.70. The molecule has 0 aliphatic carbocycles. The van der Waals surface area contributed by atoms with Gasteiger partial charge in [-0.2, -0.15) is 0 Å². The van der Waals surface area contributed by atoms with Gasteiger partial charge in [0.2, 0.25) is 5.91 Å². The summed E-state index contributed by atoms with van der Waals surface area (Å²) in [4.78, 5) is 11.9. The van der Waals surface area contributed by atoms with E-state index in [1.54, 1.807) is 32.0 Å². The van der Waals surface area contributed by atoms with Gasteiger partial charge in [0, 0.05) is 28.3 Å². The molecule has 18 heavy (non-hydrogen) atoms. The number of nitrogens with two attached hydrogens (primary N) is 1. The van der Waals surface area contributed by atoms with Crippen molar-refractivity contribution < 1.29 is 13.7 Å². The SMILES string of the molecule is CCS(=O)C(C)C(=O)Nc1ccc(N)cc1OC. The van der Waals surface area contributed by atoms with Crippen LogP contribution in [0.4, 0.5) is 11.4 Å². The predicted octanol–water partition coefficient (Wildman–Crippen LogP) is 1.37. The Bertz CT molecular complexity index is 463. The molecule has 0 fully saturated rings. The van der Waals surface area contributed by atoms with Crippen molar-refractivity contribution in [3.8, 4) is 5.75 Å². The molecule has 2 atom stereocenters. The van der Waals surface area contributed by atoms with E-state index in [0.29, 0.717) is 22.9 Å². The number of anilines is 2. The van der Waals surface area contributed by atoms with E-state index in [-0.39, 0.29) is 5.91 Å². The van der Waals surface area contributed by atoms with Crippen molar-refractivity contribution in [1.29, 1.82) is 0 Å². The molecule has 3 N–H and O–H groups in total. The Hall–Kier alpha value is -1.56. The van der Waals surface area contributed by atoms with Crippen LogP contribution in [0.1, 0.15) is 13.8 Å². The first-order chi connectivity index (χ1) is 8.49. The van der Waals surface area contributed by atoms with Crippen molar-refractivity contribution in [2.45, 2.75) is 19.1 Å². The van der Waals surface area contributed by atoms with Gasteiger partial charge < -0.3 is 15.8 Å². The largest absolute Gasteiger partial charge is 0.494 e. The molecule has 0 saturated carbocycles. The Balaban J connectivity index is 2.85. The van der Waals surface area contributed by atoms with E-state index in [4.69, 9.17) is 10.5 Å². The van der Waals surface area contributed by atoms with Crippen LogP contribution in [-0.4, -0.2) is 28.2 Å². The Morgan fingerprint density at radius 2 is 2.22 bits per heavy atom. The lowest BCUT2D eigenvalue weighted by atomic mass is 10.2. The third-order valence-corrected chi connectivity index (χ3v) is 4.10. The van der Waals surface area contributed by atoms with E-state index < -0.39 is 16.0 Å². The quantitative estimate of drug-likeness (QED) is 0.792. The highest BCUT2D eigenvalue weighted by Gasteiger charge is 2.19. The number of rotatable bonds is 5. The standard InChI is InChI=1S/C12H18N2O3S/c1-4-18(16)8(2)12(15)14-10-6-5-9(13)7-11(10)17-3/h5-8H,4,13H2,1-3H3,(H,14,15). The predicted molar refractivity (Wildman–Crippen MR) is 74.2 cm³/mol. The van der Waals surface area contributed by atoms with Gasteiger partial charge in [0.25, 0.3) is 0 Å². The van der Waals surface area contributed by atoms with Crippen molar-refractivity contribution in [3.63, 3.8) is 0 Å². The van der Waals surface area contributed by atoms with Gasteiger partial charge in [-0.15, -0.1) is 0 Å². The number of nitrogen functional groups attached to an aromatic ring is 1. The normalized spacial score (nSPS) is 13.7. The van der Waals surface area contributed by atoms with Gasteiger partial charge in [0.05, 0.1) is 12.8 Å². The number of methoxy groups -OCH3 is 1. The lowest BCUT2D eigenvalue weighted by molar-refractivity contribution is -0.115. The molecule has 6 heteroatoms. The maximum Gasteiger partial charge on any atom is 0.239 e. The maximum atomic E-state index is 11.9. The van der Waals surface area contributed by atoms with Crippen LogP contribution in [0.15, 0.2) is 18.2 Å². The number of hydrogen-bond acceptors (Lipinski definition) is 4. The van der Waals surface area contributed by atoms with Gasteiger partial charge in [-0.25, -0.2) is 0 Å². The van der Waals surface area contributed by atoms with Crippen LogP contribution in [0.25, 0.3) is 0 Å². The number of hydrogen-bond donors (Lipinski definition) is 2. The molecule has 0 spiro atoms. The summed E-state index contributed by atoms with van der Waals surface area (Å²) in [6.45, 7) is 3.42. The molecule has 5 nitrogen and oxygen atoms in total. The molecule has 0 aromatic heterocycles. The number of ether oxygens (including phenoxy) is 1. The summed E-state index contributed by atoms with van der Waals surface area (Å²) in [6, 6.07) is 4.95. The van der Waals surface area contributed by atoms with Crippen LogP contribution < -0.4 is 15.8 Å². The summed E-state index contributed by atoms with van der Waals surface area (Å²) in [6.07, 6.45) is 0. The first-order valence-corrected chi connectivity index (χ1v) is 6.99. The van der Waals surface area contributed by atoms with Crippen LogP contribution >= 0.6 is 0 Å². The van der Waals surface area contributed by atoms with E-state index in [2.05, 4.69) is 5.32 Å². The van der Waals surface area contributed by atoms with Gasteiger partial charge in [0.15, 0.2) is 0 Å². The van der Waals surface area contributed by atoms with Crippen molar-refractivity contribution in [2.24, 2.45) is 0 Å². The summed E-state index contributed by atoms with van der Waals surface area (Å²) in [5.74, 6) is 0.643. The third-order valence-electron chi connectivity index (χ3n) is 2.53. The Kier molecular flexibility index (Phi) is 5.15. The van der Waals surface area contributed by atoms with Crippen LogP contribution in [0.3, 0.4) is 0 Å². The van der Waals surface area contributed by atoms with E-state index in [9.17, 15) is 9.00 Å². The molecule has 1 amide bonds. The first-order valence-electron chi connectivity index (χ1n) is 5.61. The lowest BCUT2D eigenvalue weighted by Crippen LogP contribution is -2.30. The fraction of sp³-hybridized carbons (Fsp3) is 0.417. The highest BCUT2D eigenvalue weighted by Crippen LogP contribution is 2.26. The first kappa shape index (κ1) is 14.5. The fourth-order valence-electron chi connectivity index (χ4n) is 1.41. The van der Waals surface area contributed by atoms with Crippen LogP contribution in [0.5, 0.6) is 5.75 Å². The minimum Gasteiger partial charge on any atom is -0.494 e. The van der Waals surface area contributed by atoms with Gasteiger partial charge in [-0.3, -0.25) is 9.00 Å². The second-order valence-electron chi connectivity index (χ2n) is 3.76. The number of carbonyl (C=O) groups excluding carboxylic acids is 1. The zero-order valence-corrected chi connectivity index (χ0v) is 11.5. The number of amides is 1. The topological polar surface area (TPSA) is 81.4 Å². The van der Waals surface area contributed by atoms with Crippen molar-refractivity contribution in [3.05, 3.63) is 18.2 Å². The van der Waals surface area contributed by atoms with E-state index >= 15 is 0 Å². The summed E-state index contributed by atoms with van der Waals surface area (Å²) < 4.78 is 16.7. The van der Waals surface area contributed by atoms with Gasteiger partial charge in [0.1, 0.15) is 11.0 Å². The molecule has 0 aliphatic rings. The Labute approximate surface area is 109 Å². The minimum absolute atomic E-state index is 0.293. The van der Waals surface area contributed by atoms with E-state index in [0.717, 1.165) is 0 Å². The average molecular weight is 270 g/mol. The number of carbonyl (C=O) groups is 1. The van der Waals surface area contributed by atoms with Crippen LogP contribution in [0.2, 0.25) is 0 Å². The molecule has 100 valence electrons. The zero-order valence-electron chi connectivity index (χ0n) is 10.7. The molecular formula is C12H18N2O3S. The fourth-order valence-corrected chi connectivity index (χ4v) is 2.21. The zero-order chi connectivity index (χ0) is 13.7. The second kappa shape index (κ2) is 6.39. The highest BCUT2D eigenvalue weighted by atomic mass is 32.2. The molecule has 0 heterocycles. The third kappa shape index (κ3) is 3.46. The monoisotopic (exact) mass is 270 g/mol. The molecule has 0 aliphatic heterocycles. The van der Waals surface area contributed by atoms with Gasteiger partial charge in [-0.05, 0) is 19.1 Å². The minimum atomic E-state index is -1.17. The van der Waals surface area contributed by atoms with E-state index in [1.165, 1.54) is 7.11 Å². The summed E-state index contributed by atoms with van der Waals surface area (Å²) >= 11 is 0. The lowest BCUT2D eigenvalue weighted by Gasteiger charge is -2.14. The van der Waals surface area contributed by atoms with E-state index in [1.807, 2.05) is 0 Å². The number of benzene rings is 1. The molecule has 0 bridgehead atoms. The van der Waals surface area contributed by atoms with Crippen LogP contribution in [0, 0.1) is 0 Å². The average Bonchev–Trinajstić information content (AvgIpc) is 2.38. The molecule has 1 rings (SSSR count). The maximum absolute atomic E-state index is 11.9. The highest BCUT2D eigenvalue weighted by molar-refractivity contribution is 7.86. The Morgan fingerprint density at radius 3 is 2.78 bits per heavy atom. The molecular weight excluding hydrogens is 252 g/mol. The van der Waals surface area contributed by atoms with Crippen molar-refractivity contribution in [1.82, 2.24) is 0 Å². The van der Waals surface area contributed by atoms with Gasteiger partial charge in [-0.1, -0.05) is 6.92 Å².